The fourth-order valence-electron chi connectivity index (χ4n) is 2.77. The lowest BCUT2D eigenvalue weighted by molar-refractivity contribution is -0.385. The van der Waals surface area contributed by atoms with Crippen LogP contribution >= 0.6 is 0 Å². The van der Waals surface area contributed by atoms with Gasteiger partial charge in [0.05, 0.1) is 22.5 Å². The van der Waals surface area contributed by atoms with Crippen molar-refractivity contribution in [2.45, 2.75) is 13.3 Å². The number of carbonyl (C=O) groups is 1. The number of hydrazone groups is 1. The van der Waals surface area contributed by atoms with Crippen molar-refractivity contribution < 1.29 is 19.1 Å². The second kappa shape index (κ2) is 8.78. The van der Waals surface area contributed by atoms with Gasteiger partial charge in [-0.15, -0.1) is 0 Å². The molecule has 1 N–H and O–H groups in total. The number of non-ortho nitro benzene ring substituents is 1. The maximum absolute atomic E-state index is 12.0. The van der Waals surface area contributed by atoms with Crippen LogP contribution in [-0.2, 0) is 11.2 Å². The van der Waals surface area contributed by atoms with Crippen molar-refractivity contribution in [3.8, 4) is 11.3 Å². The molecule has 0 aliphatic heterocycles. The molecule has 30 heavy (non-hydrogen) atoms. The van der Waals surface area contributed by atoms with Crippen LogP contribution in [-0.4, -0.2) is 22.0 Å². The maximum Gasteiger partial charge on any atom is 0.273 e. The lowest BCUT2D eigenvalue weighted by Crippen LogP contribution is -2.20. The molecule has 2 aromatic carbocycles. The van der Waals surface area contributed by atoms with Crippen molar-refractivity contribution >= 4 is 23.5 Å². The molecule has 10 nitrogen and oxygen atoms in total. The molecule has 0 aliphatic carbocycles. The molecular formula is C20H16N4O6. The van der Waals surface area contributed by atoms with Crippen molar-refractivity contribution in [3.05, 3.63) is 91.7 Å². The van der Waals surface area contributed by atoms with E-state index in [4.69, 9.17) is 4.42 Å². The smallest absolute Gasteiger partial charge is 0.273 e. The maximum atomic E-state index is 12.0. The first-order valence-corrected chi connectivity index (χ1v) is 8.74. The molecule has 3 aromatic rings. The summed E-state index contributed by atoms with van der Waals surface area (Å²) in [5.74, 6) is 0.215. The number of hydrogen-bond acceptors (Lipinski definition) is 7. The van der Waals surface area contributed by atoms with Crippen LogP contribution in [0, 0.1) is 27.2 Å². The number of benzene rings is 2. The van der Waals surface area contributed by atoms with Gasteiger partial charge < -0.3 is 4.42 Å². The van der Waals surface area contributed by atoms with Gasteiger partial charge in [-0.1, -0.05) is 24.3 Å². The second-order valence-electron chi connectivity index (χ2n) is 6.31. The van der Waals surface area contributed by atoms with Gasteiger partial charge >= 0.3 is 0 Å². The first-order valence-electron chi connectivity index (χ1n) is 8.74. The molecule has 0 spiro atoms. The summed E-state index contributed by atoms with van der Waals surface area (Å²) in [6, 6.07) is 13.7. The van der Waals surface area contributed by atoms with E-state index in [1.54, 1.807) is 31.2 Å². The molecule has 0 unspecified atom stereocenters. The highest BCUT2D eigenvalue weighted by Gasteiger charge is 2.15. The second-order valence-corrected chi connectivity index (χ2v) is 6.31. The Bertz CT molecular complexity index is 1150. The Balaban J connectivity index is 1.67. The van der Waals surface area contributed by atoms with Gasteiger partial charge in [-0.2, -0.15) is 5.10 Å². The van der Waals surface area contributed by atoms with Crippen LogP contribution in [0.15, 0.2) is 64.1 Å². The summed E-state index contributed by atoms with van der Waals surface area (Å²) in [6.45, 7) is 1.80. The lowest BCUT2D eigenvalue weighted by Gasteiger charge is -2.02. The number of rotatable bonds is 7. The van der Waals surface area contributed by atoms with Crippen molar-refractivity contribution in [2.75, 3.05) is 0 Å². The largest absolute Gasteiger partial charge is 0.455 e. The molecule has 0 atom stereocenters. The Hall–Kier alpha value is -4.34. The van der Waals surface area contributed by atoms with Crippen LogP contribution in [0.1, 0.15) is 16.9 Å². The molecule has 0 bridgehead atoms. The van der Waals surface area contributed by atoms with Gasteiger partial charge in [0.15, 0.2) is 0 Å². The van der Waals surface area contributed by atoms with Crippen molar-refractivity contribution in [2.24, 2.45) is 5.10 Å². The van der Waals surface area contributed by atoms with Gasteiger partial charge in [-0.3, -0.25) is 25.0 Å². The average Bonchev–Trinajstić information content (AvgIpc) is 3.17. The Morgan fingerprint density at radius 3 is 2.60 bits per heavy atom. The summed E-state index contributed by atoms with van der Waals surface area (Å²) >= 11 is 0. The average molecular weight is 408 g/mol. The van der Waals surface area contributed by atoms with E-state index >= 15 is 0 Å². The van der Waals surface area contributed by atoms with E-state index in [1.165, 1.54) is 36.5 Å². The number of nitrogens with one attached hydrogen (secondary N) is 1. The Kier molecular flexibility index (Phi) is 5.97. The number of furan rings is 1. The minimum absolute atomic E-state index is 0.0514. The predicted octanol–water partition coefficient (Wildman–Crippen LogP) is 3.76. The zero-order valence-corrected chi connectivity index (χ0v) is 15.8. The van der Waals surface area contributed by atoms with Crippen LogP contribution in [0.25, 0.3) is 11.3 Å². The molecule has 152 valence electrons. The van der Waals surface area contributed by atoms with E-state index in [2.05, 4.69) is 10.5 Å². The van der Waals surface area contributed by atoms with E-state index in [9.17, 15) is 25.0 Å². The predicted molar refractivity (Wildman–Crippen MR) is 108 cm³/mol. The van der Waals surface area contributed by atoms with Crippen molar-refractivity contribution in [1.82, 2.24) is 5.43 Å². The highest BCUT2D eigenvalue weighted by Crippen LogP contribution is 2.28. The number of para-hydroxylation sites is 1. The summed E-state index contributed by atoms with van der Waals surface area (Å²) in [7, 11) is 0. The van der Waals surface area contributed by atoms with Gasteiger partial charge in [0.2, 0.25) is 5.91 Å². The highest BCUT2D eigenvalue weighted by molar-refractivity contribution is 5.83. The summed E-state index contributed by atoms with van der Waals surface area (Å²) < 4.78 is 5.62. The molecule has 0 aliphatic rings. The molecule has 1 heterocycles. The van der Waals surface area contributed by atoms with Gasteiger partial charge in [0, 0.05) is 29.3 Å². The number of nitrogens with zero attached hydrogens (tertiary/aromatic N) is 3. The van der Waals surface area contributed by atoms with Gasteiger partial charge in [-0.25, -0.2) is 5.43 Å². The minimum atomic E-state index is -0.549. The van der Waals surface area contributed by atoms with Gasteiger partial charge in [0.25, 0.3) is 11.4 Å². The molecule has 10 heteroatoms. The Morgan fingerprint density at radius 2 is 1.87 bits per heavy atom. The van der Waals surface area contributed by atoms with Crippen LogP contribution < -0.4 is 5.43 Å². The van der Waals surface area contributed by atoms with E-state index in [0.29, 0.717) is 17.1 Å². The number of amides is 1. The third-order valence-corrected chi connectivity index (χ3v) is 4.24. The summed E-state index contributed by atoms with van der Waals surface area (Å²) in [6.07, 6.45) is 1.07. The molecule has 0 radical (unpaired) electrons. The third kappa shape index (κ3) is 4.73. The standard InChI is InChI=1S/C20H16N4O6/c1-13-6-7-15(23(26)27)11-17(13)19-9-8-16(30-19)12-21-22-20(25)10-14-4-2-3-5-18(14)24(28)29/h2-9,11-12H,10H2,1H3,(H,22,25). The number of nitro groups is 2. The van der Waals surface area contributed by atoms with Crippen LogP contribution in [0.4, 0.5) is 11.4 Å². The van der Waals surface area contributed by atoms with E-state index in [1.807, 2.05) is 0 Å². The third-order valence-electron chi connectivity index (χ3n) is 4.24. The number of aryl methyl sites for hydroxylation is 1. The molecule has 0 saturated carbocycles. The fraction of sp³-hybridized carbons (Fsp3) is 0.100. The monoisotopic (exact) mass is 408 g/mol. The lowest BCUT2D eigenvalue weighted by atomic mass is 10.1. The first kappa shape index (κ1) is 20.4. The summed E-state index contributed by atoms with van der Waals surface area (Å²) in [4.78, 5) is 32.9. The molecule has 0 saturated heterocycles. The molecule has 1 aromatic heterocycles. The molecule has 1 amide bonds. The number of nitro benzene ring substituents is 2. The van der Waals surface area contributed by atoms with E-state index in [0.717, 1.165) is 5.56 Å². The molecule has 0 fully saturated rings. The Morgan fingerprint density at radius 1 is 1.10 bits per heavy atom. The van der Waals surface area contributed by atoms with E-state index in [-0.39, 0.29) is 23.4 Å². The van der Waals surface area contributed by atoms with Crippen molar-refractivity contribution in [3.63, 3.8) is 0 Å². The SMILES string of the molecule is Cc1ccc([N+](=O)[O-])cc1-c1ccc(C=NNC(=O)Cc2ccccc2[N+](=O)[O-])o1. The van der Waals surface area contributed by atoms with Gasteiger partial charge in [0.1, 0.15) is 11.5 Å². The first-order chi connectivity index (χ1) is 14.3. The van der Waals surface area contributed by atoms with Crippen LogP contribution in [0.5, 0.6) is 0 Å². The number of hydrogen-bond donors (Lipinski definition) is 1. The van der Waals surface area contributed by atoms with Crippen molar-refractivity contribution in [1.29, 1.82) is 0 Å². The summed E-state index contributed by atoms with van der Waals surface area (Å²) in [5.41, 5.74) is 3.75. The zero-order valence-electron chi connectivity index (χ0n) is 15.8. The van der Waals surface area contributed by atoms with E-state index < -0.39 is 15.8 Å². The minimum Gasteiger partial charge on any atom is -0.455 e. The normalized spacial score (nSPS) is 10.8. The topological polar surface area (TPSA) is 141 Å². The fourth-order valence-corrected chi connectivity index (χ4v) is 2.77. The van der Waals surface area contributed by atoms with Crippen LogP contribution in [0.2, 0.25) is 0 Å². The highest BCUT2D eigenvalue weighted by atomic mass is 16.6. The van der Waals surface area contributed by atoms with Crippen LogP contribution in [0.3, 0.4) is 0 Å². The zero-order chi connectivity index (χ0) is 21.7. The molecule has 3 rings (SSSR count). The molecular weight excluding hydrogens is 392 g/mol. The quantitative estimate of drug-likeness (QED) is 0.358. The van der Waals surface area contributed by atoms with Gasteiger partial charge in [-0.05, 0) is 24.6 Å². The number of carbonyl (C=O) groups excluding carboxylic acids is 1. The summed E-state index contributed by atoms with van der Waals surface area (Å²) in [5, 5.41) is 25.8. The Labute approximate surface area is 170 Å².